The number of aliphatic hydroxyl groups excluding tert-OH is 1. The molecule has 3 amide bonds. The van der Waals surface area contributed by atoms with Gasteiger partial charge in [-0.05, 0) is 183 Å². The van der Waals surface area contributed by atoms with E-state index in [0.29, 0.717) is 51.1 Å². The van der Waals surface area contributed by atoms with Crippen LogP contribution in [0.25, 0.3) is 21.8 Å². The molecule has 0 radical (unpaired) electrons. The topological polar surface area (TPSA) is 314 Å². The quantitative estimate of drug-likeness (QED) is 0.0196. The highest BCUT2D eigenvalue weighted by molar-refractivity contribution is 6.16. The number of carbonyl (C=O) groups excluding carboxylic acids is 3. The zero-order chi connectivity index (χ0) is 89.7. The van der Waals surface area contributed by atoms with Gasteiger partial charge in [0.2, 0.25) is 0 Å². The smallest absolute Gasteiger partial charge is 0.278 e. The molecule has 0 aliphatic heterocycles. The Kier molecular flexibility index (Phi) is 79.2. The van der Waals surface area contributed by atoms with Gasteiger partial charge in [0.25, 0.3) is 17.7 Å². The molecular formula is C99H210N11O4+7. The molecule has 0 fully saturated rings. The van der Waals surface area contributed by atoms with Crippen LogP contribution in [-0.4, -0.2) is 98.9 Å². The van der Waals surface area contributed by atoms with Crippen molar-refractivity contribution in [3.8, 4) is 0 Å². The summed E-state index contributed by atoms with van der Waals surface area (Å²) in [6.07, 6.45) is 37.3. The number of quaternary nitrogens is 7. The third-order valence-electron chi connectivity index (χ3n) is 18.9. The summed E-state index contributed by atoms with van der Waals surface area (Å²) < 4.78 is 0. The fraction of sp³-hybridized carbons (Fsp3) is 0.838. The Hall–Kier alpha value is -3.80. The van der Waals surface area contributed by atoms with Crippen molar-refractivity contribution in [1.82, 2.24) is 20.9 Å². The number of aliphatic hydroxyl groups is 1. The number of para-hydroxylation sites is 2. The molecule has 678 valence electrons. The van der Waals surface area contributed by atoms with Crippen LogP contribution in [0, 0.1) is 55.2 Å². The number of fused-ring (bicyclic) bond motifs is 2. The number of carbonyl (C=O) groups is 3. The van der Waals surface area contributed by atoms with Gasteiger partial charge in [-0.25, -0.2) is 4.98 Å². The van der Waals surface area contributed by atoms with Gasteiger partial charge < -0.3 is 61.2 Å². The van der Waals surface area contributed by atoms with Gasteiger partial charge in [0.15, 0.2) is 12.1 Å². The van der Waals surface area contributed by atoms with Crippen LogP contribution in [0.2, 0.25) is 0 Å². The summed E-state index contributed by atoms with van der Waals surface area (Å²) in [5, 5.41) is 19.3. The Labute approximate surface area is 710 Å². The Morgan fingerprint density at radius 1 is 0.342 bits per heavy atom. The van der Waals surface area contributed by atoms with E-state index in [4.69, 9.17) is 5.11 Å². The van der Waals surface area contributed by atoms with Crippen LogP contribution in [0.3, 0.4) is 0 Å². The summed E-state index contributed by atoms with van der Waals surface area (Å²) in [5.41, 5.74) is 32.8. The van der Waals surface area contributed by atoms with E-state index in [1.165, 1.54) is 122 Å². The van der Waals surface area contributed by atoms with E-state index in [0.717, 1.165) is 162 Å². The minimum Gasteiger partial charge on any atom is -0.396 e. The van der Waals surface area contributed by atoms with Crippen LogP contribution in [0.4, 0.5) is 0 Å². The minimum absolute atomic E-state index is 0.00874. The number of nitrogens with zero attached hydrogens (tertiary/aromatic N) is 1. The number of rotatable bonds is 38. The molecule has 3 aromatic rings. The molecule has 2 atom stereocenters. The lowest BCUT2D eigenvalue weighted by Gasteiger charge is -2.18. The maximum absolute atomic E-state index is 12.9. The lowest BCUT2D eigenvalue weighted by Crippen LogP contribution is -2.67. The average molecular weight is 1620 g/mol. The molecule has 0 bridgehead atoms. The van der Waals surface area contributed by atoms with Crippen molar-refractivity contribution in [2.24, 2.45) is 55.2 Å². The normalized spacial score (nSPS) is 12.2. The third-order valence-corrected chi connectivity index (χ3v) is 18.9. The van der Waals surface area contributed by atoms with Crippen LogP contribution in [0.5, 0.6) is 0 Å². The molecule has 15 nitrogen and oxygen atoms in total. The standard InChI is InChI=1S/C22H26N2O.C14H31N3O.C12H27N3O.C10H23N.C9H20.C8H19N.C8H18O.C6H15N.2C5H12/c1-22(2,3)14-8-9-15-23-21(25)20-16-10-4-6-12-18(16)24-19-13-7-5-11-17(19)20;1-14(2,3)9-5-7-11-17-13(18)12(16)8-4-6-10-15;1-12(2,3)7-9-15-11(16)10(14)6-4-5-8-13;1-10(2,3)8-6-4-5-7-9-11;1-5-6-7-8-9(2,3)4;2*1-8(2,3)6-4-5-7-9;1-6(2,3)4-5-7;2*1-4-5(2)3/h4-7,10-13H,8-9,14-15H2,1-3H3,(H,23,25);12H,4-11,15-16H2,1-3H3,(H,17,18);10H,4-9,13-14H2,1-3H3,(H,15,16);4-9,11H2,1-3H3;5-8H2,1-4H3;4-7,9H2,1-3H3;9H,4-7H2,1-3H3;4-5,7H2,1-3H3;2*5H,4H2,1-3H3/p+7/t;12-;10-;;;;;;;/m.11......./s1. The van der Waals surface area contributed by atoms with Gasteiger partial charge in [0.1, 0.15) is 0 Å². The summed E-state index contributed by atoms with van der Waals surface area (Å²) in [7, 11) is 0. The number of hydrogen-bond acceptors (Lipinski definition) is 5. The Morgan fingerprint density at radius 2 is 0.614 bits per heavy atom. The average Bonchev–Trinajstić information content (AvgIpc) is 0.770. The van der Waals surface area contributed by atoms with Gasteiger partial charge in [0.05, 0.1) is 49.3 Å². The Bertz CT molecular complexity index is 2510. The summed E-state index contributed by atoms with van der Waals surface area (Å²) in [6.45, 7) is 77.4. The van der Waals surface area contributed by atoms with E-state index in [1.807, 2.05) is 48.5 Å². The molecule has 3 rings (SSSR count). The zero-order valence-corrected chi connectivity index (χ0v) is 82.8. The van der Waals surface area contributed by atoms with E-state index < -0.39 is 0 Å². The highest BCUT2D eigenvalue weighted by Gasteiger charge is 2.21. The van der Waals surface area contributed by atoms with Crippen LogP contribution in [-0.2, 0) is 9.59 Å². The van der Waals surface area contributed by atoms with Crippen LogP contribution >= 0.6 is 0 Å². The summed E-state index contributed by atoms with van der Waals surface area (Å²) in [6, 6.07) is 15.5. The van der Waals surface area contributed by atoms with Crippen LogP contribution in [0.15, 0.2) is 48.5 Å². The van der Waals surface area contributed by atoms with Crippen molar-refractivity contribution in [3.05, 3.63) is 54.1 Å². The second kappa shape index (κ2) is 73.1. The molecule has 0 aliphatic carbocycles. The van der Waals surface area contributed by atoms with Gasteiger partial charge in [-0.2, -0.15) is 0 Å². The molecule has 1 aromatic heterocycles. The van der Waals surface area contributed by atoms with E-state index in [9.17, 15) is 14.4 Å². The Morgan fingerprint density at radius 3 is 0.912 bits per heavy atom. The van der Waals surface area contributed by atoms with Gasteiger partial charge in [-0.3, -0.25) is 14.4 Å². The fourth-order valence-corrected chi connectivity index (χ4v) is 10.6. The first-order valence-corrected chi connectivity index (χ1v) is 46.4. The van der Waals surface area contributed by atoms with Crippen LogP contribution < -0.4 is 56.1 Å². The molecule has 0 unspecified atom stereocenters. The van der Waals surface area contributed by atoms with E-state index in [-0.39, 0.29) is 35.2 Å². The van der Waals surface area contributed by atoms with Crippen LogP contribution in [0.1, 0.15) is 424 Å². The second-order valence-corrected chi connectivity index (χ2v) is 42.8. The van der Waals surface area contributed by atoms with Crippen molar-refractivity contribution in [2.75, 3.05) is 59.0 Å². The molecule has 15 heteroatoms. The van der Waals surface area contributed by atoms with Crippen molar-refractivity contribution in [2.45, 2.75) is 426 Å². The molecular weight excluding hydrogens is 1410 g/mol. The number of aromatic nitrogens is 1. The zero-order valence-electron chi connectivity index (χ0n) is 82.8. The van der Waals surface area contributed by atoms with E-state index >= 15 is 0 Å². The molecule has 25 N–H and O–H groups in total. The second-order valence-electron chi connectivity index (χ2n) is 42.8. The number of unbranched alkanes of at least 4 members (excludes halogenated alkanes) is 11. The van der Waals surface area contributed by atoms with E-state index in [2.05, 4.69) is 276 Å². The van der Waals surface area contributed by atoms with Gasteiger partial charge in [-0.1, -0.05) is 315 Å². The molecule has 0 saturated carbocycles. The molecule has 2 aromatic carbocycles. The summed E-state index contributed by atoms with van der Waals surface area (Å²) in [5.74, 6) is 1.96. The van der Waals surface area contributed by atoms with Crippen molar-refractivity contribution in [3.63, 3.8) is 0 Å². The Balaban J connectivity index is -0.000000233. The molecule has 1 heterocycles. The van der Waals surface area contributed by atoms with E-state index in [1.54, 1.807) is 0 Å². The van der Waals surface area contributed by atoms with Crippen molar-refractivity contribution >= 4 is 39.5 Å². The number of hydrogen-bond donors (Lipinski definition) is 11. The van der Waals surface area contributed by atoms with Gasteiger partial charge in [-0.15, -0.1) is 0 Å². The first kappa shape index (κ1) is 123. The molecule has 114 heavy (non-hydrogen) atoms. The number of pyridine rings is 1. The number of amides is 3. The summed E-state index contributed by atoms with van der Waals surface area (Å²) >= 11 is 0. The largest absolute Gasteiger partial charge is 0.396 e. The first-order chi connectivity index (χ1) is 52.5. The van der Waals surface area contributed by atoms with Crippen molar-refractivity contribution in [1.29, 1.82) is 0 Å². The highest BCUT2D eigenvalue weighted by atomic mass is 16.3. The predicted molar refractivity (Wildman–Crippen MR) is 502 cm³/mol. The lowest BCUT2D eigenvalue weighted by atomic mass is 9.89. The van der Waals surface area contributed by atoms with Gasteiger partial charge in [0, 0.05) is 56.3 Å². The lowest BCUT2D eigenvalue weighted by molar-refractivity contribution is -0.406. The third kappa shape index (κ3) is 101. The maximum atomic E-state index is 12.9. The maximum Gasteiger partial charge on any atom is 0.278 e. The molecule has 0 saturated heterocycles. The number of nitrogens with one attached hydrogen (secondary N) is 3. The van der Waals surface area contributed by atoms with Gasteiger partial charge >= 0.3 is 0 Å². The first-order valence-electron chi connectivity index (χ1n) is 46.4. The monoisotopic (exact) mass is 1620 g/mol. The predicted octanol–water partition coefficient (Wildman–Crippen LogP) is 19.5. The minimum atomic E-state index is -0.105. The number of benzene rings is 2. The molecule has 0 aliphatic rings. The SMILES string of the molecule is CC(C)(C)CCCCCC[NH3+].CC(C)(C)CCCCNC(=O)[C@H]([NH3+])CCCC[NH3+].CC(C)(C)CCCCNC(=O)c1c2ccccc2nc2ccccc12.CC(C)(C)CCCCO.CC(C)(C)CCCC[NH3+].CC(C)(C)CCNC(=O)[C@H]([NH3+])CCCC[NH3+].CC(C)(C)CC[NH3+].CCC(C)C.CCC(C)C.CCCCCC(C)(C)C. The highest BCUT2D eigenvalue weighted by Crippen LogP contribution is 2.29. The summed E-state index contributed by atoms with van der Waals surface area (Å²) in [4.78, 5) is 40.9. The fourth-order valence-electron chi connectivity index (χ4n) is 10.6. The molecule has 0 spiro atoms. The van der Waals surface area contributed by atoms with Crippen molar-refractivity contribution < 1.29 is 59.6 Å².